The van der Waals surface area contributed by atoms with Crippen molar-refractivity contribution in [3.63, 3.8) is 0 Å². The zero-order chi connectivity index (χ0) is 12.0. The van der Waals surface area contributed by atoms with E-state index in [0.29, 0.717) is 0 Å². The highest BCUT2D eigenvalue weighted by atomic mass is 16.3. The fraction of sp³-hybridized carbons (Fsp3) is 0.500. The first-order chi connectivity index (χ1) is 8.07. The van der Waals surface area contributed by atoms with Crippen molar-refractivity contribution in [3.8, 4) is 0 Å². The highest BCUT2D eigenvalue weighted by Gasteiger charge is 2.23. The summed E-state index contributed by atoms with van der Waals surface area (Å²) in [5.74, 6) is 0. The Balaban J connectivity index is 2.32. The Labute approximate surface area is 103 Å². The standard InChI is InChI=1S/C16H20O/c1-16(2,3)13-10-17-14-9-8-11-6-4-5-7-12(11)15(13)14/h8-10H,4-7H2,1-3H3. The van der Waals surface area contributed by atoms with Crippen LogP contribution in [0.4, 0.5) is 0 Å². The van der Waals surface area contributed by atoms with E-state index in [-0.39, 0.29) is 5.41 Å². The number of fused-ring (bicyclic) bond motifs is 3. The van der Waals surface area contributed by atoms with Crippen molar-refractivity contribution in [2.45, 2.75) is 51.9 Å². The second-order valence-corrected chi connectivity index (χ2v) is 6.18. The lowest BCUT2D eigenvalue weighted by Gasteiger charge is -2.21. The van der Waals surface area contributed by atoms with Crippen LogP contribution in [0.15, 0.2) is 22.8 Å². The molecule has 17 heavy (non-hydrogen) atoms. The van der Waals surface area contributed by atoms with E-state index in [0.717, 1.165) is 5.58 Å². The molecule has 1 aromatic heterocycles. The van der Waals surface area contributed by atoms with Gasteiger partial charge >= 0.3 is 0 Å². The zero-order valence-electron chi connectivity index (χ0n) is 11.0. The Kier molecular flexibility index (Phi) is 2.32. The molecule has 0 aliphatic heterocycles. The minimum Gasteiger partial charge on any atom is -0.464 e. The summed E-state index contributed by atoms with van der Waals surface area (Å²) in [6.45, 7) is 6.79. The number of rotatable bonds is 0. The minimum atomic E-state index is 0.165. The van der Waals surface area contributed by atoms with E-state index in [1.807, 2.05) is 6.26 Å². The summed E-state index contributed by atoms with van der Waals surface area (Å²) in [5.41, 5.74) is 5.68. The molecule has 0 saturated carbocycles. The van der Waals surface area contributed by atoms with Gasteiger partial charge in [-0.3, -0.25) is 0 Å². The van der Waals surface area contributed by atoms with Crippen LogP contribution in [-0.4, -0.2) is 0 Å². The molecule has 1 heteroatoms. The van der Waals surface area contributed by atoms with Crippen LogP contribution in [0.1, 0.15) is 50.3 Å². The van der Waals surface area contributed by atoms with Crippen molar-refractivity contribution in [3.05, 3.63) is 35.1 Å². The third kappa shape index (κ3) is 1.69. The molecule has 0 bridgehead atoms. The summed E-state index contributed by atoms with van der Waals surface area (Å²) < 4.78 is 5.74. The Hall–Kier alpha value is -1.24. The molecule has 0 atom stereocenters. The lowest BCUT2D eigenvalue weighted by Crippen LogP contribution is -2.12. The lowest BCUT2D eigenvalue weighted by molar-refractivity contribution is 0.557. The molecule has 0 saturated heterocycles. The first-order valence-electron chi connectivity index (χ1n) is 6.60. The van der Waals surface area contributed by atoms with Gasteiger partial charge in [0, 0.05) is 10.9 Å². The first kappa shape index (κ1) is 10.9. The summed E-state index contributed by atoms with van der Waals surface area (Å²) in [7, 11) is 0. The molecule has 1 aliphatic rings. The van der Waals surface area contributed by atoms with Gasteiger partial charge in [0.1, 0.15) is 5.58 Å². The molecule has 0 N–H and O–H groups in total. The van der Waals surface area contributed by atoms with E-state index in [2.05, 4.69) is 32.9 Å². The summed E-state index contributed by atoms with van der Waals surface area (Å²) in [4.78, 5) is 0. The first-order valence-corrected chi connectivity index (χ1v) is 6.60. The zero-order valence-corrected chi connectivity index (χ0v) is 11.0. The third-order valence-corrected chi connectivity index (χ3v) is 3.88. The van der Waals surface area contributed by atoms with Crippen molar-refractivity contribution < 1.29 is 4.42 Å². The van der Waals surface area contributed by atoms with Gasteiger partial charge in [0.25, 0.3) is 0 Å². The number of aryl methyl sites for hydroxylation is 2. The van der Waals surface area contributed by atoms with Crippen LogP contribution in [0, 0.1) is 0 Å². The second-order valence-electron chi connectivity index (χ2n) is 6.18. The van der Waals surface area contributed by atoms with Gasteiger partial charge in [-0.15, -0.1) is 0 Å². The van der Waals surface area contributed by atoms with Crippen LogP contribution < -0.4 is 0 Å². The highest BCUT2D eigenvalue weighted by Crippen LogP contribution is 2.37. The van der Waals surface area contributed by atoms with Gasteiger partial charge in [0.15, 0.2) is 0 Å². The van der Waals surface area contributed by atoms with Crippen LogP contribution >= 0.6 is 0 Å². The molecule has 1 nitrogen and oxygen atoms in total. The van der Waals surface area contributed by atoms with Crippen LogP contribution in [-0.2, 0) is 18.3 Å². The van der Waals surface area contributed by atoms with E-state index in [1.165, 1.54) is 42.2 Å². The molecule has 0 amide bonds. The van der Waals surface area contributed by atoms with Gasteiger partial charge in [0.2, 0.25) is 0 Å². The maximum absolute atomic E-state index is 5.74. The molecule has 1 aliphatic carbocycles. The second kappa shape index (κ2) is 3.63. The molecule has 0 unspecified atom stereocenters. The van der Waals surface area contributed by atoms with Crippen LogP contribution in [0.25, 0.3) is 11.0 Å². The summed E-state index contributed by atoms with van der Waals surface area (Å²) in [6, 6.07) is 4.40. The third-order valence-electron chi connectivity index (χ3n) is 3.88. The molecule has 1 heterocycles. The van der Waals surface area contributed by atoms with Crippen molar-refractivity contribution in [2.24, 2.45) is 0 Å². The molecule has 0 spiro atoms. The SMILES string of the molecule is CC(C)(C)c1coc2ccc3c(c12)CCCC3. The van der Waals surface area contributed by atoms with Gasteiger partial charge in [-0.2, -0.15) is 0 Å². The van der Waals surface area contributed by atoms with Crippen LogP contribution in [0.5, 0.6) is 0 Å². The predicted octanol–water partition coefficient (Wildman–Crippen LogP) is 4.61. The van der Waals surface area contributed by atoms with Gasteiger partial charge in [-0.25, -0.2) is 0 Å². The molecule has 3 rings (SSSR count). The molecule has 2 aromatic rings. The van der Waals surface area contributed by atoms with E-state index < -0.39 is 0 Å². The fourth-order valence-corrected chi connectivity index (χ4v) is 2.93. The number of benzene rings is 1. The number of hydrogen-bond donors (Lipinski definition) is 0. The van der Waals surface area contributed by atoms with Gasteiger partial charge in [-0.1, -0.05) is 26.8 Å². The summed E-state index contributed by atoms with van der Waals surface area (Å²) >= 11 is 0. The van der Waals surface area contributed by atoms with Gasteiger partial charge < -0.3 is 4.42 Å². The van der Waals surface area contributed by atoms with Crippen LogP contribution in [0.3, 0.4) is 0 Å². The average Bonchev–Trinajstić information content (AvgIpc) is 2.72. The van der Waals surface area contributed by atoms with Crippen molar-refractivity contribution in [2.75, 3.05) is 0 Å². The van der Waals surface area contributed by atoms with E-state index in [4.69, 9.17) is 4.42 Å². The van der Waals surface area contributed by atoms with Crippen LogP contribution in [0.2, 0.25) is 0 Å². The maximum atomic E-state index is 5.74. The van der Waals surface area contributed by atoms with Crippen molar-refractivity contribution >= 4 is 11.0 Å². The molecular formula is C16H20O. The normalized spacial score (nSPS) is 16.2. The Morgan fingerprint density at radius 2 is 1.82 bits per heavy atom. The van der Waals surface area contributed by atoms with Gasteiger partial charge in [0.05, 0.1) is 6.26 Å². The smallest absolute Gasteiger partial charge is 0.134 e. The quantitative estimate of drug-likeness (QED) is 0.641. The van der Waals surface area contributed by atoms with Crippen molar-refractivity contribution in [1.82, 2.24) is 0 Å². The number of hydrogen-bond acceptors (Lipinski definition) is 1. The van der Waals surface area contributed by atoms with Crippen molar-refractivity contribution in [1.29, 1.82) is 0 Å². The fourth-order valence-electron chi connectivity index (χ4n) is 2.93. The minimum absolute atomic E-state index is 0.165. The molecule has 90 valence electrons. The van der Waals surface area contributed by atoms with E-state index in [9.17, 15) is 0 Å². The molecule has 0 radical (unpaired) electrons. The molecular weight excluding hydrogens is 208 g/mol. The summed E-state index contributed by atoms with van der Waals surface area (Å²) in [5, 5.41) is 1.40. The number of furan rings is 1. The Bertz CT molecular complexity index is 555. The van der Waals surface area contributed by atoms with E-state index >= 15 is 0 Å². The highest BCUT2D eigenvalue weighted by molar-refractivity contribution is 5.87. The Morgan fingerprint density at radius 1 is 1.06 bits per heavy atom. The summed E-state index contributed by atoms with van der Waals surface area (Å²) in [6.07, 6.45) is 7.07. The maximum Gasteiger partial charge on any atom is 0.134 e. The average molecular weight is 228 g/mol. The Morgan fingerprint density at radius 3 is 2.59 bits per heavy atom. The lowest BCUT2D eigenvalue weighted by atomic mass is 9.82. The van der Waals surface area contributed by atoms with E-state index in [1.54, 1.807) is 5.56 Å². The topological polar surface area (TPSA) is 13.1 Å². The molecule has 0 fully saturated rings. The monoisotopic (exact) mass is 228 g/mol. The largest absolute Gasteiger partial charge is 0.464 e. The molecule has 1 aromatic carbocycles. The predicted molar refractivity (Wildman–Crippen MR) is 71.6 cm³/mol. The van der Waals surface area contributed by atoms with Gasteiger partial charge in [-0.05, 0) is 48.3 Å².